The van der Waals surface area contributed by atoms with Gasteiger partial charge < -0.3 is 20.9 Å². The lowest BCUT2D eigenvalue weighted by Crippen LogP contribution is -2.33. The van der Waals surface area contributed by atoms with Crippen molar-refractivity contribution in [1.82, 2.24) is 19.9 Å². The van der Waals surface area contributed by atoms with Crippen LogP contribution in [-0.2, 0) is 4.79 Å². The molecule has 0 bridgehead atoms. The van der Waals surface area contributed by atoms with Gasteiger partial charge in [0.2, 0.25) is 23.8 Å². The standard InChI is InChI=1S/C13H23N7O/c1-3-19(2)10(21)9-15-12-16-11(14)17-13(18-12)20-7-5-4-6-8-20/h3-9H2,1-2H3,(H3,14,15,16,17,18). The van der Waals surface area contributed by atoms with Crippen LogP contribution in [-0.4, -0.2) is 59.0 Å². The number of amides is 1. The molecular formula is C13H23N7O. The molecule has 0 unspecified atom stereocenters. The van der Waals surface area contributed by atoms with E-state index in [-0.39, 0.29) is 18.4 Å². The molecule has 1 aliphatic heterocycles. The number of anilines is 3. The Morgan fingerprint density at radius 3 is 2.67 bits per heavy atom. The molecule has 0 aromatic carbocycles. The number of nitrogens with zero attached hydrogens (tertiary/aromatic N) is 5. The summed E-state index contributed by atoms with van der Waals surface area (Å²) < 4.78 is 0. The molecule has 8 nitrogen and oxygen atoms in total. The van der Waals surface area contributed by atoms with E-state index in [4.69, 9.17) is 5.73 Å². The zero-order valence-corrected chi connectivity index (χ0v) is 12.7. The summed E-state index contributed by atoms with van der Waals surface area (Å²) in [6.45, 7) is 4.60. The third kappa shape index (κ3) is 4.17. The topological polar surface area (TPSA) is 100 Å². The number of aromatic nitrogens is 3. The van der Waals surface area contributed by atoms with Crippen LogP contribution in [0.2, 0.25) is 0 Å². The van der Waals surface area contributed by atoms with E-state index in [0.29, 0.717) is 18.4 Å². The number of nitrogen functional groups attached to an aromatic ring is 1. The average Bonchev–Trinajstić information content (AvgIpc) is 2.52. The number of likely N-dealkylation sites (N-methyl/N-ethyl adjacent to an activating group) is 1. The van der Waals surface area contributed by atoms with Crippen molar-refractivity contribution in [2.24, 2.45) is 0 Å². The van der Waals surface area contributed by atoms with Gasteiger partial charge in [0.25, 0.3) is 0 Å². The molecule has 0 atom stereocenters. The Morgan fingerprint density at radius 1 is 1.29 bits per heavy atom. The van der Waals surface area contributed by atoms with E-state index in [9.17, 15) is 4.79 Å². The van der Waals surface area contributed by atoms with E-state index >= 15 is 0 Å². The van der Waals surface area contributed by atoms with Crippen LogP contribution in [0.3, 0.4) is 0 Å². The Hall–Kier alpha value is -2.12. The molecule has 1 amide bonds. The Labute approximate surface area is 124 Å². The summed E-state index contributed by atoms with van der Waals surface area (Å²) in [6, 6.07) is 0. The molecule has 1 saturated heterocycles. The minimum absolute atomic E-state index is 0.0176. The van der Waals surface area contributed by atoms with Crippen LogP contribution in [0.15, 0.2) is 0 Å². The smallest absolute Gasteiger partial charge is 0.241 e. The lowest BCUT2D eigenvalue weighted by Gasteiger charge is -2.26. The number of hydrogen-bond donors (Lipinski definition) is 2. The highest BCUT2D eigenvalue weighted by Crippen LogP contribution is 2.17. The van der Waals surface area contributed by atoms with Crippen molar-refractivity contribution in [2.45, 2.75) is 26.2 Å². The molecule has 1 aromatic heterocycles. The summed E-state index contributed by atoms with van der Waals surface area (Å²) in [5.41, 5.74) is 5.73. The third-order valence-electron chi connectivity index (χ3n) is 3.58. The second-order valence-corrected chi connectivity index (χ2v) is 5.13. The summed E-state index contributed by atoms with van der Waals surface area (Å²) in [4.78, 5) is 28.1. The van der Waals surface area contributed by atoms with Crippen molar-refractivity contribution < 1.29 is 4.79 Å². The summed E-state index contributed by atoms with van der Waals surface area (Å²) >= 11 is 0. The monoisotopic (exact) mass is 293 g/mol. The second-order valence-electron chi connectivity index (χ2n) is 5.13. The third-order valence-corrected chi connectivity index (χ3v) is 3.58. The van der Waals surface area contributed by atoms with Gasteiger partial charge in [-0.15, -0.1) is 0 Å². The first-order chi connectivity index (χ1) is 10.1. The van der Waals surface area contributed by atoms with Gasteiger partial charge in [0.1, 0.15) is 0 Å². The average molecular weight is 293 g/mol. The van der Waals surface area contributed by atoms with Crippen LogP contribution in [0, 0.1) is 0 Å². The zero-order valence-electron chi connectivity index (χ0n) is 12.7. The van der Waals surface area contributed by atoms with Crippen LogP contribution in [0.4, 0.5) is 17.8 Å². The van der Waals surface area contributed by atoms with Crippen molar-refractivity contribution in [3.8, 4) is 0 Å². The van der Waals surface area contributed by atoms with Crippen LogP contribution >= 0.6 is 0 Å². The van der Waals surface area contributed by atoms with Crippen LogP contribution in [0.1, 0.15) is 26.2 Å². The highest BCUT2D eigenvalue weighted by Gasteiger charge is 2.16. The molecule has 0 aliphatic carbocycles. The van der Waals surface area contributed by atoms with E-state index in [0.717, 1.165) is 25.9 Å². The van der Waals surface area contributed by atoms with Crippen LogP contribution in [0.5, 0.6) is 0 Å². The Morgan fingerprint density at radius 2 is 2.00 bits per heavy atom. The predicted molar refractivity (Wildman–Crippen MR) is 82.1 cm³/mol. The van der Waals surface area contributed by atoms with Gasteiger partial charge in [-0.1, -0.05) is 0 Å². The summed E-state index contributed by atoms with van der Waals surface area (Å²) in [6.07, 6.45) is 3.50. The molecule has 2 rings (SSSR count). The van der Waals surface area contributed by atoms with E-state index in [1.54, 1.807) is 11.9 Å². The number of nitrogens with one attached hydrogen (secondary N) is 1. The van der Waals surface area contributed by atoms with Crippen LogP contribution < -0.4 is 16.0 Å². The highest BCUT2D eigenvalue weighted by molar-refractivity contribution is 5.80. The Kier molecular flexibility index (Phi) is 5.13. The van der Waals surface area contributed by atoms with Crippen molar-refractivity contribution in [2.75, 3.05) is 49.2 Å². The number of carbonyl (C=O) groups is 1. The van der Waals surface area contributed by atoms with Gasteiger partial charge in [-0.2, -0.15) is 15.0 Å². The van der Waals surface area contributed by atoms with E-state index < -0.39 is 0 Å². The normalized spacial score (nSPS) is 14.9. The van der Waals surface area contributed by atoms with Gasteiger partial charge in [-0.3, -0.25) is 4.79 Å². The molecule has 0 spiro atoms. The van der Waals surface area contributed by atoms with Crippen molar-refractivity contribution in [1.29, 1.82) is 0 Å². The van der Waals surface area contributed by atoms with Crippen molar-refractivity contribution in [3.05, 3.63) is 0 Å². The molecule has 1 fully saturated rings. The molecule has 0 saturated carbocycles. The highest BCUT2D eigenvalue weighted by atomic mass is 16.2. The summed E-state index contributed by atoms with van der Waals surface area (Å²) in [7, 11) is 1.75. The summed E-state index contributed by atoms with van der Waals surface area (Å²) in [5, 5.41) is 2.92. The SMILES string of the molecule is CCN(C)C(=O)CNc1nc(N)nc(N2CCCCC2)n1. The molecule has 0 radical (unpaired) electrons. The number of piperidine rings is 1. The zero-order chi connectivity index (χ0) is 15.2. The molecule has 3 N–H and O–H groups in total. The van der Waals surface area contributed by atoms with Gasteiger partial charge in [-0.25, -0.2) is 0 Å². The first kappa shape index (κ1) is 15.3. The first-order valence-corrected chi connectivity index (χ1v) is 7.34. The number of nitrogens with two attached hydrogens (primary N) is 1. The second kappa shape index (κ2) is 7.05. The molecule has 21 heavy (non-hydrogen) atoms. The Balaban J connectivity index is 2.02. The van der Waals surface area contributed by atoms with E-state index in [1.165, 1.54) is 6.42 Å². The maximum atomic E-state index is 11.8. The fraction of sp³-hybridized carbons (Fsp3) is 0.692. The minimum Gasteiger partial charge on any atom is -0.368 e. The van der Waals surface area contributed by atoms with Crippen molar-refractivity contribution in [3.63, 3.8) is 0 Å². The van der Waals surface area contributed by atoms with Gasteiger partial charge in [0, 0.05) is 26.7 Å². The first-order valence-electron chi connectivity index (χ1n) is 7.34. The van der Waals surface area contributed by atoms with Gasteiger partial charge >= 0.3 is 0 Å². The number of rotatable bonds is 5. The maximum absolute atomic E-state index is 11.8. The van der Waals surface area contributed by atoms with Crippen molar-refractivity contribution >= 4 is 23.8 Å². The lowest BCUT2D eigenvalue weighted by atomic mass is 10.1. The van der Waals surface area contributed by atoms with Gasteiger partial charge in [0.15, 0.2) is 0 Å². The molecule has 1 aliphatic rings. The van der Waals surface area contributed by atoms with Crippen LogP contribution in [0.25, 0.3) is 0 Å². The quantitative estimate of drug-likeness (QED) is 0.807. The van der Waals surface area contributed by atoms with Gasteiger partial charge in [-0.05, 0) is 26.2 Å². The number of carbonyl (C=O) groups excluding carboxylic acids is 1. The molecule has 2 heterocycles. The molecule has 1 aromatic rings. The Bertz CT molecular complexity index is 487. The van der Waals surface area contributed by atoms with E-state index in [2.05, 4.69) is 25.2 Å². The maximum Gasteiger partial charge on any atom is 0.241 e. The molecule has 116 valence electrons. The van der Waals surface area contributed by atoms with Gasteiger partial charge in [0.05, 0.1) is 6.54 Å². The lowest BCUT2D eigenvalue weighted by molar-refractivity contribution is -0.127. The predicted octanol–water partition coefficient (Wildman–Crippen LogP) is 0.334. The molecule has 8 heteroatoms. The minimum atomic E-state index is -0.0176. The number of hydrogen-bond acceptors (Lipinski definition) is 7. The largest absolute Gasteiger partial charge is 0.368 e. The fourth-order valence-electron chi connectivity index (χ4n) is 2.16. The van der Waals surface area contributed by atoms with E-state index in [1.807, 2.05) is 6.92 Å². The molecular weight excluding hydrogens is 270 g/mol. The summed E-state index contributed by atoms with van der Waals surface area (Å²) in [5.74, 6) is 1.09. The fourth-order valence-corrected chi connectivity index (χ4v) is 2.16.